The monoisotopic (exact) mass is 200 g/mol. The number of rotatable bonds is 3. The second-order valence-electron chi connectivity index (χ2n) is 3.48. The van der Waals surface area contributed by atoms with Gasteiger partial charge in [0.05, 0.1) is 0 Å². The van der Waals surface area contributed by atoms with Crippen molar-refractivity contribution in [3.63, 3.8) is 0 Å². The average Bonchev–Trinajstić information content (AvgIpc) is 2.32. The zero-order valence-electron chi connectivity index (χ0n) is 8.30. The van der Waals surface area contributed by atoms with E-state index in [9.17, 15) is 4.79 Å². The lowest BCUT2D eigenvalue weighted by molar-refractivity contribution is -0.118. The number of hydrogen-bond acceptors (Lipinski definition) is 2. The quantitative estimate of drug-likeness (QED) is 0.701. The summed E-state index contributed by atoms with van der Waals surface area (Å²) in [5.41, 5.74) is -0.823. The van der Waals surface area contributed by atoms with Gasteiger partial charge in [0.15, 0.2) is 11.9 Å². The van der Waals surface area contributed by atoms with Gasteiger partial charge in [-0.25, -0.2) is 0 Å². The maximum atomic E-state index is 11.1. The van der Waals surface area contributed by atoms with Gasteiger partial charge in [0.25, 0.3) is 0 Å². The van der Waals surface area contributed by atoms with Crippen LogP contribution in [0.15, 0.2) is 54.6 Å². The highest BCUT2D eigenvalue weighted by molar-refractivity contribution is 5.68. The molecule has 1 aromatic rings. The van der Waals surface area contributed by atoms with Crippen molar-refractivity contribution in [1.29, 1.82) is 0 Å². The molecule has 0 heterocycles. The summed E-state index contributed by atoms with van der Waals surface area (Å²) in [6, 6.07) is 9.37. The summed E-state index contributed by atoms with van der Waals surface area (Å²) in [7, 11) is 0. The van der Waals surface area contributed by atoms with Crippen molar-refractivity contribution in [3.05, 3.63) is 54.6 Å². The van der Waals surface area contributed by atoms with E-state index in [1.165, 1.54) is 0 Å². The van der Waals surface area contributed by atoms with Crippen LogP contribution in [0.2, 0.25) is 0 Å². The first-order valence-corrected chi connectivity index (χ1v) is 4.89. The van der Waals surface area contributed by atoms with E-state index in [4.69, 9.17) is 4.74 Å². The van der Waals surface area contributed by atoms with Crippen molar-refractivity contribution in [1.82, 2.24) is 0 Å². The van der Waals surface area contributed by atoms with Crippen molar-refractivity contribution >= 4 is 6.29 Å². The van der Waals surface area contributed by atoms with Gasteiger partial charge in [-0.15, -0.1) is 0 Å². The first-order chi connectivity index (χ1) is 7.35. The Bertz CT molecular complexity index is 392. The standard InChI is InChI=1S/C13H12O2/c14-11-13(9-5-2-6-10-13)15-12-7-3-1-4-8-12/h1-9,11H,10H2. The molecule has 0 saturated heterocycles. The van der Waals surface area contributed by atoms with Gasteiger partial charge in [-0.3, -0.25) is 4.79 Å². The summed E-state index contributed by atoms with van der Waals surface area (Å²) in [5, 5.41) is 0. The van der Waals surface area contributed by atoms with Gasteiger partial charge in [0.2, 0.25) is 0 Å². The third-order valence-electron chi connectivity index (χ3n) is 2.31. The van der Waals surface area contributed by atoms with Crippen LogP contribution in [0, 0.1) is 0 Å². The fourth-order valence-electron chi connectivity index (χ4n) is 1.51. The SMILES string of the molecule is O=CC1(Oc2ccccc2)C=CC=CC1. The van der Waals surface area contributed by atoms with Gasteiger partial charge in [-0.2, -0.15) is 0 Å². The molecule has 0 N–H and O–H groups in total. The minimum atomic E-state index is -0.823. The van der Waals surface area contributed by atoms with E-state index in [2.05, 4.69) is 0 Å². The lowest BCUT2D eigenvalue weighted by atomic mass is 9.97. The lowest BCUT2D eigenvalue weighted by Gasteiger charge is -2.26. The summed E-state index contributed by atoms with van der Waals surface area (Å²) in [4.78, 5) is 11.1. The smallest absolute Gasteiger partial charge is 0.186 e. The van der Waals surface area contributed by atoms with Crippen LogP contribution in [0.3, 0.4) is 0 Å². The van der Waals surface area contributed by atoms with E-state index in [-0.39, 0.29) is 0 Å². The Hall–Kier alpha value is -1.83. The summed E-state index contributed by atoms with van der Waals surface area (Å²) < 4.78 is 5.69. The zero-order chi connectivity index (χ0) is 10.6. The highest BCUT2D eigenvalue weighted by Crippen LogP contribution is 2.23. The summed E-state index contributed by atoms with van der Waals surface area (Å²) in [6.07, 6.45) is 8.89. The molecule has 0 bridgehead atoms. The molecule has 2 nitrogen and oxygen atoms in total. The third-order valence-corrected chi connectivity index (χ3v) is 2.31. The van der Waals surface area contributed by atoms with Gasteiger partial charge >= 0.3 is 0 Å². The number of para-hydroxylation sites is 1. The third kappa shape index (κ3) is 2.15. The maximum Gasteiger partial charge on any atom is 0.186 e. The van der Waals surface area contributed by atoms with Gasteiger partial charge < -0.3 is 4.74 Å². The van der Waals surface area contributed by atoms with Gasteiger partial charge in [0.1, 0.15) is 5.75 Å². The molecule has 1 aliphatic rings. The molecule has 1 atom stereocenters. The molecule has 0 aliphatic heterocycles. The molecule has 0 spiro atoms. The second kappa shape index (κ2) is 4.13. The van der Waals surface area contributed by atoms with Gasteiger partial charge in [-0.1, -0.05) is 36.4 Å². The molecule has 0 aromatic heterocycles. The first kappa shape index (κ1) is 9.71. The van der Waals surface area contributed by atoms with Crippen LogP contribution in [-0.4, -0.2) is 11.9 Å². The van der Waals surface area contributed by atoms with Gasteiger partial charge in [-0.05, 0) is 18.2 Å². The van der Waals surface area contributed by atoms with Crippen molar-refractivity contribution < 1.29 is 9.53 Å². The number of hydrogen-bond donors (Lipinski definition) is 0. The lowest BCUT2D eigenvalue weighted by Crippen LogP contribution is -2.35. The largest absolute Gasteiger partial charge is 0.475 e. The Balaban J connectivity index is 2.19. The van der Waals surface area contributed by atoms with Crippen molar-refractivity contribution in [2.75, 3.05) is 0 Å². The molecule has 0 saturated carbocycles. The van der Waals surface area contributed by atoms with Crippen LogP contribution in [0.5, 0.6) is 5.75 Å². The second-order valence-corrected chi connectivity index (χ2v) is 3.48. The average molecular weight is 200 g/mol. The van der Waals surface area contributed by atoms with Crippen LogP contribution in [0.25, 0.3) is 0 Å². The Labute approximate surface area is 88.9 Å². The van der Waals surface area contributed by atoms with Gasteiger partial charge in [0, 0.05) is 6.42 Å². The van der Waals surface area contributed by atoms with E-state index in [0.717, 1.165) is 6.29 Å². The Morgan fingerprint density at radius 3 is 2.60 bits per heavy atom. The van der Waals surface area contributed by atoms with Crippen LogP contribution in [0.1, 0.15) is 6.42 Å². The molecule has 0 amide bonds. The molecule has 76 valence electrons. The number of carbonyl (C=O) groups excluding carboxylic acids is 1. The summed E-state index contributed by atoms with van der Waals surface area (Å²) >= 11 is 0. The Morgan fingerprint density at radius 2 is 2.00 bits per heavy atom. The van der Waals surface area contributed by atoms with E-state index >= 15 is 0 Å². The zero-order valence-corrected chi connectivity index (χ0v) is 8.30. The normalized spacial score (nSPS) is 23.7. The highest BCUT2D eigenvalue weighted by atomic mass is 16.5. The topological polar surface area (TPSA) is 26.3 Å². The van der Waals surface area contributed by atoms with E-state index in [0.29, 0.717) is 12.2 Å². The molecule has 15 heavy (non-hydrogen) atoms. The van der Waals surface area contributed by atoms with Crippen LogP contribution in [0.4, 0.5) is 0 Å². The number of ether oxygens (including phenoxy) is 1. The van der Waals surface area contributed by atoms with Crippen molar-refractivity contribution in [3.8, 4) is 5.75 Å². The minimum Gasteiger partial charge on any atom is -0.475 e. The molecule has 0 radical (unpaired) electrons. The summed E-state index contributed by atoms with van der Waals surface area (Å²) in [6.45, 7) is 0. The fourth-order valence-corrected chi connectivity index (χ4v) is 1.51. The van der Waals surface area contributed by atoms with E-state index < -0.39 is 5.60 Å². The number of aldehydes is 1. The molecular formula is C13H12O2. The molecule has 2 rings (SSSR count). The Kier molecular flexibility index (Phi) is 2.68. The minimum absolute atomic E-state index is 0.585. The van der Waals surface area contributed by atoms with Crippen LogP contribution < -0.4 is 4.74 Å². The molecule has 1 aromatic carbocycles. The highest BCUT2D eigenvalue weighted by Gasteiger charge is 2.28. The Morgan fingerprint density at radius 1 is 1.20 bits per heavy atom. The summed E-state index contributed by atoms with van der Waals surface area (Å²) in [5.74, 6) is 0.713. The van der Waals surface area contributed by atoms with E-state index in [1.807, 2.05) is 48.6 Å². The predicted molar refractivity (Wildman–Crippen MR) is 58.8 cm³/mol. The molecular weight excluding hydrogens is 188 g/mol. The fraction of sp³-hybridized carbons (Fsp3) is 0.154. The van der Waals surface area contributed by atoms with Crippen LogP contribution in [-0.2, 0) is 4.79 Å². The van der Waals surface area contributed by atoms with Crippen molar-refractivity contribution in [2.24, 2.45) is 0 Å². The number of benzene rings is 1. The first-order valence-electron chi connectivity index (χ1n) is 4.89. The molecule has 0 fully saturated rings. The molecule has 1 unspecified atom stereocenters. The van der Waals surface area contributed by atoms with Crippen molar-refractivity contribution in [2.45, 2.75) is 12.0 Å². The number of allylic oxidation sites excluding steroid dienone is 2. The molecule has 1 aliphatic carbocycles. The maximum absolute atomic E-state index is 11.1. The van der Waals surface area contributed by atoms with Crippen LogP contribution >= 0.6 is 0 Å². The number of carbonyl (C=O) groups is 1. The van der Waals surface area contributed by atoms with E-state index in [1.54, 1.807) is 6.08 Å². The molecule has 2 heteroatoms. The predicted octanol–water partition coefficient (Wildman–Crippen LogP) is 2.52.